The van der Waals surface area contributed by atoms with E-state index >= 15 is 0 Å². The van der Waals surface area contributed by atoms with Crippen molar-refractivity contribution in [1.82, 2.24) is 4.90 Å². The molecule has 0 N–H and O–H groups in total. The van der Waals surface area contributed by atoms with Crippen molar-refractivity contribution in [3.05, 3.63) is 30.1 Å². The first-order valence-corrected chi connectivity index (χ1v) is 6.43. The Morgan fingerprint density at radius 3 is 2.89 bits per heavy atom. The fourth-order valence-electron chi connectivity index (χ4n) is 1.99. The number of hydrogen-bond donors (Lipinski definition) is 0. The molecule has 1 heterocycles. The number of benzene rings is 1. The van der Waals surface area contributed by atoms with Crippen LogP contribution >= 0.6 is 0 Å². The van der Waals surface area contributed by atoms with Crippen LogP contribution in [0.1, 0.15) is 13.3 Å². The molecular formula is C14H18FNO3. The summed E-state index contributed by atoms with van der Waals surface area (Å²) in [5.41, 5.74) is 0. The molecular weight excluding hydrogens is 249 g/mol. The highest BCUT2D eigenvalue weighted by Crippen LogP contribution is 2.12. The Morgan fingerprint density at radius 1 is 1.47 bits per heavy atom. The monoisotopic (exact) mass is 267 g/mol. The van der Waals surface area contributed by atoms with Crippen molar-refractivity contribution in [2.24, 2.45) is 0 Å². The van der Waals surface area contributed by atoms with E-state index in [1.165, 1.54) is 12.1 Å². The Labute approximate surface area is 112 Å². The van der Waals surface area contributed by atoms with Gasteiger partial charge in [0.1, 0.15) is 11.6 Å². The fourth-order valence-corrected chi connectivity index (χ4v) is 1.99. The van der Waals surface area contributed by atoms with Crippen LogP contribution in [0, 0.1) is 5.82 Å². The van der Waals surface area contributed by atoms with Gasteiger partial charge in [0.15, 0.2) is 0 Å². The van der Waals surface area contributed by atoms with E-state index in [0.717, 1.165) is 0 Å². The highest BCUT2D eigenvalue weighted by atomic mass is 19.1. The van der Waals surface area contributed by atoms with Crippen LogP contribution in [-0.4, -0.2) is 43.2 Å². The summed E-state index contributed by atoms with van der Waals surface area (Å²) in [4.78, 5) is 13.7. The van der Waals surface area contributed by atoms with Crippen LogP contribution in [0.2, 0.25) is 0 Å². The lowest BCUT2D eigenvalue weighted by molar-refractivity contribution is -0.138. The topological polar surface area (TPSA) is 38.8 Å². The highest BCUT2D eigenvalue weighted by Gasteiger charge is 2.20. The Kier molecular flexibility index (Phi) is 4.74. The number of rotatable bonds is 4. The quantitative estimate of drug-likeness (QED) is 0.835. The summed E-state index contributed by atoms with van der Waals surface area (Å²) in [5.74, 6) is 0.340. The molecule has 19 heavy (non-hydrogen) atoms. The maximum absolute atomic E-state index is 12.7. The molecule has 0 saturated carbocycles. The third-order valence-electron chi connectivity index (χ3n) is 2.99. The number of nitrogens with zero attached hydrogens (tertiary/aromatic N) is 1. The maximum atomic E-state index is 12.7. The Bertz CT molecular complexity index is 421. The van der Waals surface area contributed by atoms with E-state index < -0.39 is 0 Å². The van der Waals surface area contributed by atoms with Gasteiger partial charge in [-0.15, -0.1) is 0 Å². The van der Waals surface area contributed by atoms with Crippen LogP contribution in [0.4, 0.5) is 4.39 Å². The minimum absolute atomic E-state index is 0.0669. The number of ether oxygens (including phenoxy) is 2. The lowest BCUT2D eigenvalue weighted by Crippen LogP contribution is -2.44. The number of halogens is 1. The van der Waals surface area contributed by atoms with E-state index in [9.17, 15) is 9.18 Å². The smallest absolute Gasteiger partial charge is 0.226 e. The van der Waals surface area contributed by atoms with Crippen molar-refractivity contribution in [1.29, 1.82) is 0 Å². The van der Waals surface area contributed by atoms with E-state index in [1.54, 1.807) is 17.0 Å². The van der Waals surface area contributed by atoms with Crippen LogP contribution in [0.5, 0.6) is 5.75 Å². The summed E-state index contributed by atoms with van der Waals surface area (Å²) >= 11 is 0. The predicted molar refractivity (Wildman–Crippen MR) is 68.5 cm³/mol. The van der Waals surface area contributed by atoms with Gasteiger partial charge in [-0.1, -0.05) is 0 Å². The SMILES string of the molecule is CC1CN(C(=O)CCOc2ccc(F)cc2)CCO1. The molecule has 0 spiro atoms. The molecule has 104 valence electrons. The molecule has 0 aliphatic carbocycles. The van der Waals surface area contributed by atoms with E-state index in [1.807, 2.05) is 6.92 Å². The summed E-state index contributed by atoms with van der Waals surface area (Å²) < 4.78 is 23.5. The Morgan fingerprint density at radius 2 is 2.21 bits per heavy atom. The molecule has 2 rings (SSSR count). The van der Waals surface area contributed by atoms with Gasteiger partial charge < -0.3 is 14.4 Å². The van der Waals surface area contributed by atoms with Gasteiger partial charge in [-0.25, -0.2) is 4.39 Å². The van der Waals surface area contributed by atoms with Crippen LogP contribution < -0.4 is 4.74 Å². The second-order valence-corrected chi connectivity index (χ2v) is 4.57. The van der Waals surface area contributed by atoms with E-state index in [0.29, 0.717) is 38.5 Å². The minimum atomic E-state index is -0.300. The van der Waals surface area contributed by atoms with Crippen molar-refractivity contribution >= 4 is 5.91 Å². The van der Waals surface area contributed by atoms with Crippen molar-refractivity contribution in [2.75, 3.05) is 26.3 Å². The normalized spacial score (nSPS) is 19.3. The van der Waals surface area contributed by atoms with Gasteiger partial charge in [-0.05, 0) is 31.2 Å². The van der Waals surface area contributed by atoms with Crippen LogP contribution in [0.3, 0.4) is 0 Å². The number of hydrogen-bond acceptors (Lipinski definition) is 3. The summed E-state index contributed by atoms with van der Waals surface area (Å²) in [6.07, 6.45) is 0.417. The number of amides is 1. The van der Waals surface area contributed by atoms with Gasteiger partial charge in [0.25, 0.3) is 0 Å². The predicted octanol–water partition coefficient (Wildman–Crippen LogP) is 1.84. The van der Waals surface area contributed by atoms with E-state index in [4.69, 9.17) is 9.47 Å². The average Bonchev–Trinajstić information content (AvgIpc) is 2.41. The first-order valence-electron chi connectivity index (χ1n) is 6.43. The number of morpholine rings is 1. The molecule has 1 aromatic carbocycles. The molecule has 1 amide bonds. The molecule has 4 nitrogen and oxygen atoms in total. The third kappa shape index (κ3) is 4.21. The largest absolute Gasteiger partial charge is 0.493 e. The zero-order valence-electron chi connectivity index (χ0n) is 11.0. The lowest BCUT2D eigenvalue weighted by Gasteiger charge is -2.31. The van der Waals surface area contributed by atoms with Gasteiger partial charge in [0.2, 0.25) is 5.91 Å². The van der Waals surface area contributed by atoms with Crippen LogP contribution in [-0.2, 0) is 9.53 Å². The minimum Gasteiger partial charge on any atom is -0.493 e. The first-order chi connectivity index (χ1) is 9.15. The second kappa shape index (κ2) is 6.52. The zero-order valence-corrected chi connectivity index (χ0v) is 11.0. The molecule has 1 fully saturated rings. The van der Waals surface area contributed by atoms with Gasteiger partial charge in [-0.2, -0.15) is 0 Å². The molecule has 1 aromatic rings. The molecule has 1 unspecified atom stereocenters. The fraction of sp³-hybridized carbons (Fsp3) is 0.500. The van der Waals surface area contributed by atoms with Crippen molar-refractivity contribution < 1.29 is 18.7 Å². The Balaban J connectivity index is 1.73. The van der Waals surface area contributed by atoms with Gasteiger partial charge in [-0.3, -0.25) is 4.79 Å². The standard InChI is InChI=1S/C14H18FNO3/c1-11-10-16(7-9-18-11)14(17)6-8-19-13-4-2-12(15)3-5-13/h2-5,11H,6-10H2,1H3. The molecule has 0 bridgehead atoms. The average molecular weight is 267 g/mol. The summed E-state index contributed by atoms with van der Waals surface area (Å²) in [7, 11) is 0. The second-order valence-electron chi connectivity index (χ2n) is 4.57. The van der Waals surface area contributed by atoms with Crippen molar-refractivity contribution in [2.45, 2.75) is 19.4 Å². The molecule has 5 heteroatoms. The highest BCUT2D eigenvalue weighted by molar-refractivity contribution is 5.76. The first kappa shape index (κ1) is 13.8. The van der Waals surface area contributed by atoms with Crippen molar-refractivity contribution in [3.8, 4) is 5.75 Å². The third-order valence-corrected chi connectivity index (χ3v) is 2.99. The number of carbonyl (C=O) groups is 1. The lowest BCUT2D eigenvalue weighted by atomic mass is 10.2. The molecule has 1 atom stereocenters. The van der Waals surface area contributed by atoms with E-state index in [2.05, 4.69) is 0 Å². The molecule has 0 aromatic heterocycles. The van der Waals surface area contributed by atoms with Gasteiger partial charge >= 0.3 is 0 Å². The van der Waals surface area contributed by atoms with Crippen LogP contribution in [0.15, 0.2) is 24.3 Å². The van der Waals surface area contributed by atoms with Crippen LogP contribution in [0.25, 0.3) is 0 Å². The van der Waals surface area contributed by atoms with Gasteiger partial charge in [0.05, 0.1) is 25.7 Å². The van der Waals surface area contributed by atoms with Gasteiger partial charge in [0, 0.05) is 13.1 Å². The Hall–Kier alpha value is -1.62. The summed E-state index contributed by atoms with van der Waals surface area (Å²) in [5, 5.41) is 0. The number of carbonyl (C=O) groups excluding carboxylic acids is 1. The summed E-state index contributed by atoms with van der Waals surface area (Å²) in [6, 6.07) is 5.77. The maximum Gasteiger partial charge on any atom is 0.226 e. The summed E-state index contributed by atoms with van der Waals surface area (Å²) in [6.45, 7) is 4.12. The molecule has 1 aliphatic heterocycles. The molecule has 1 saturated heterocycles. The van der Waals surface area contributed by atoms with Crippen molar-refractivity contribution in [3.63, 3.8) is 0 Å². The molecule has 0 radical (unpaired) electrons. The molecule has 1 aliphatic rings. The zero-order chi connectivity index (χ0) is 13.7. The van der Waals surface area contributed by atoms with E-state index in [-0.39, 0.29) is 17.8 Å².